The van der Waals surface area contributed by atoms with Crippen molar-refractivity contribution in [1.29, 1.82) is 0 Å². The van der Waals surface area contributed by atoms with Gasteiger partial charge in [-0.1, -0.05) is 11.2 Å². The molecule has 6 nitrogen and oxygen atoms in total. The van der Waals surface area contributed by atoms with Crippen LogP contribution in [0.2, 0.25) is 0 Å². The van der Waals surface area contributed by atoms with Crippen molar-refractivity contribution in [3.63, 3.8) is 0 Å². The molecule has 1 aromatic heterocycles. The molecule has 0 aliphatic heterocycles. The molecule has 0 saturated heterocycles. The lowest BCUT2D eigenvalue weighted by Crippen LogP contribution is -2.14. The number of carbonyl (C=O) groups is 1. The minimum Gasteiger partial charge on any atom is -0.478 e. The first kappa shape index (κ1) is 9.40. The SMILES string of the molecule is O=C(O)/C=C/CNCc1ncon1. The lowest BCUT2D eigenvalue weighted by molar-refractivity contribution is -0.131. The van der Waals surface area contributed by atoms with E-state index in [1.165, 1.54) is 12.5 Å². The number of hydrogen-bond donors (Lipinski definition) is 2. The maximum atomic E-state index is 10.0. The first-order valence-corrected chi connectivity index (χ1v) is 3.64. The smallest absolute Gasteiger partial charge is 0.328 e. The molecule has 0 bridgehead atoms. The summed E-state index contributed by atoms with van der Waals surface area (Å²) in [6.07, 6.45) is 3.82. The summed E-state index contributed by atoms with van der Waals surface area (Å²) in [5, 5.41) is 14.7. The maximum Gasteiger partial charge on any atom is 0.328 e. The zero-order valence-corrected chi connectivity index (χ0v) is 6.80. The van der Waals surface area contributed by atoms with E-state index >= 15 is 0 Å². The van der Waals surface area contributed by atoms with Crippen molar-refractivity contribution in [2.45, 2.75) is 6.54 Å². The first-order chi connectivity index (χ1) is 6.29. The Morgan fingerprint density at radius 2 is 2.62 bits per heavy atom. The van der Waals surface area contributed by atoms with Gasteiger partial charge in [0.25, 0.3) is 0 Å². The molecule has 1 heterocycles. The number of nitrogens with zero attached hydrogens (tertiary/aromatic N) is 2. The monoisotopic (exact) mass is 183 g/mol. The van der Waals surface area contributed by atoms with Gasteiger partial charge < -0.3 is 14.9 Å². The molecule has 1 aromatic rings. The zero-order chi connectivity index (χ0) is 9.52. The van der Waals surface area contributed by atoms with E-state index in [0.717, 1.165) is 6.08 Å². The summed E-state index contributed by atoms with van der Waals surface area (Å²) in [6.45, 7) is 0.918. The van der Waals surface area contributed by atoms with Gasteiger partial charge in [0.15, 0.2) is 5.82 Å². The van der Waals surface area contributed by atoms with Crippen LogP contribution < -0.4 is 5.32 Å². The van der Waals surface area contributed by atoms with Crippen molar-refractivity contribution in [3.05, 3.63) is 24.4 Å². The molecular weight excluding hydrogens is 174 g/mol. The quantitative estimate of drug-likeness (QED) is 0.485. The molecule has 0 aliphatic rings. The fourth-order valence-corrected chi connectivity index (χ4v) is 0.697. The first-order valence-electron chi connectivity index (χ1n) is 3.64. The highest BCUT2D eigenvalue weighted by atomic mass is 16.5. The molecule has 0 spiro atoms. The Hall–Kier alpha value is -1.69. The number of rotatable bonds is 5. The van der Waals surface area contributed by atoms with Crippen LogP contribution in [0.3, 0.4) is 0 Å². The Bertz CT molecular complexity index is 281. The molecule has 2 N–H and O–H groups in total. The van der Waals surface area contributed by atoms with E-state index in [4.69, 9.17) is 5.11 Å². The average Bonchev–Trinajstić information content (AvgIpc) is 2.55. The van der Waals surface area contributed by atoms with E-state index in [9.17, 15) is 4.79 Å². The molecule has 13 heavy (non-hydrogen) atoms. The lowest BCUT2D eigenvalue weighted by Gasteiger charge is -1.93. The summed E-state index contributed by atoms with van der Waals surface area (Å²) < 4.78 is 4.50. The molecule has 6 heteroatoms. The fraction of sp³-hybridized carbons (Fsp3) is 0.286. The van der Waals surface area contributed by atoms with E-state index in [1.807, 2.05) is 0 Å². The van der Waals surface area contributed by atoms with E-state index < -0.39 is 5.97 Å². The molecule has 0 saturated carbocycles. The van der Waals surface area contributed by atoms with Crippen molar-refractivity contribution in [2.24, 2.45) is 0 Å². The van der Waals surface area contributed by atoms with Gasteiger partial charge in [-0.05, 0) is 0 Å². The van der Waals surface area contributed by atoms with Crippen LogP contribution in [0.5, 0.6) is 0 Å². The number of aliphatic carboxylic acids is 1. The highest BCUT2D eigenvalue weighted by Crippen LogP contribution is 1.85. The predicted molar refractivity (Wildman–Crippen MR) is 42.8 cm³/mol. The Kier molecular flexibility index (Phi) is 3.65. The van der Waals surface area contributed by atoms with Gasteiger partial charge in [0.05, 0.1) is 6.54 Å². The van der Waals surface area contributed by atoms with E-state index in [-0.39, 0.29) is 0 Å². The lowest BCUT2D eigenvalue weighted by atomic mass is 10.5. The van der Waals surface area contributed by atoms with Gasteiger partial charge in [0, 0.05) is 12.6 Å². The van der Waals surface area contributed by atoms with Gasteiger partial charge in [-0.3, -0.25) is 0 Å². The molecule has 0 aliphatic carbocycles. The van der Waals surface area contributed by atoms with Gasteiger partial charge >= 0.3 is 5.97 Å². The molecule has 0 fully saturated rings. The third-order valence-electron chi connectivity index (χ3n) is 1.21. The standard InChI is InChI=1S/C7H9N3O3/c11-7(12)2-1-3-8-4-6-9-5-13-10-6/h1-2,5,8H,3-4H2,(H,11,12)/b2-1+. The zero-order valence-electron chi connectivity index (χ0n) is 6.80. The summed E-state index contributed by atoms with van der Waals surface area (Å²) >= 11 is 0. The number of aromatic nitrogens is 2. The fourth-order valence-electron chi connectivity index (χ4n) is 0.697. The summed E-state index contributed by atoms with van der Waals surface area (Å²) in [5.74, 6) is -0.412. The highest BCUT2D eigenvalue weighted by molar-refractivity contribution is 5.79. The number of carboxylic acids is 1. The second-order valence-corrected chi connectivity index (χ2v) is 2.22. The van der Waals surface area contributed by atoms with Crippen LogP contribution in [-0.2, 0) is 11.3 Å². The third kappa shape index (κ3) is 4.02. The Balaban J connectivity index is 2.12. The van der Waals surface area contributed by atoms with Gasteiger partial charge in [-0.15, -0.1) is 0 Å². The highest BCUT2D eigenvalue weighted by Gasteiger charge is 1.94. The minimum atomic E-state index is -0.957. The summed E-state index contributed by atoms with van der Waals surface area (Å²) in [5.41, 5.74) is 0. The van der Waals surface area contributed by atoms with Crippen molar-refractivity contribution in [3.8, 4) is 0 Å². The number of nitrogens with one attached hydrogen (secondary N) is 1. The molecule has 0 aromatic carbocycles. The topological polar surface area (TPSA) is 88.2 Å². The van der Waals surface area contributed by atoms with Gasteiger partial charge in [-0.25, -0.2) is 4.79 Å². The Morgan fingerprint density at radius 1 is 1.77 bits per heavy atom. The number of carboxylic acid groups (broad SMARTS) is 1. The van der Waals surface area contributed by atoms with Crippen LogP contribution in [0.15, 0.2) is 23.1 Å². The van der Waals surface area contributed by atoms with Gasteiger partial charge in [0.1, 0.15) is 0 Å². The molecule has 0 radical (unpaired) electrons. The molecular formula is C7H9N3O3. The molecule has 0 amide bonds. The predicted octanol–water partition coefficient (Wildman–Crippen LogP) is -0.200. The second-order valence-electron chi connectivity index (χ2n) is 2.22. The van der Waals surface area contributed by atoms with Crippen molar-refractivity contribution >= 4 is 5.97 Å². The van der Waals surface area contributed by atoms with E-state index in [2.05, 4.69) is 20.0 Å². The van der Waals surface area contributed by atoms with Crippen LogP contribution in [0.4, 0.5) is 0 Å². The van der Waals surface area contributed by atoms with Crippen molar-refractivity contribution < 1.29 is 14.4 Å². The number of hydrogen-bond acceptors (Lipinski definition) is 5. The minimum absolute atomic E-state index is 0.459. The van der Waals surface area contributed by atoms with Crippen LogP contribution >= 0.6 is 0 Å². The normalized spacial score (nSPS) is 10.8. The Labute approximate surface area is 74.3 Å². The molecule has 1 rings (SSSR count). The third-order valence-corrected chi connectivity index (χ3v) is 1.21. The largest absolute Gasteiger partial charge is 0.478 e. The maximum absolute atomic E-state index is 10.0. The average molecular weight is 183 g/mol. The summed E-state index contributed by atoms with van der Waals surface area (Å²) in [4.78, 5) is 13.8. The van der Waals surface area contributed by atoms with E-state index in [0.29, 0.717) is 18.9 Å². The van der Waals surface area contributed by atoms with Crippen molar-refractivity contribution in [2.75, 3.05) is 6.54 Å². The van der Waals surface area contributed by atoms with Crippen molar-refractivity contribution in [1.82, 2.24) is 15.5 Å². The molecule has 0 atom stereocenters. The second kappa shape index (κ2) is 5.04. The summed E-state index contributed by atoms with van der Waals surface area (Å²) in [6, 6.07) is 0. The van der Waals surface area contributed by atoms with E-state index in [1.54, 1.807) is 0 Å². The van der Waals surface area contributed by atoms with Crippen LogP contribution in [0.1, 0.15) is 5.82 Å². The molecule has 70 valence electrons. The molecule has 0 unspecified atom stereocenters. The van der Waals surface area contributed by atoms with Crippen LogP contribution in [0, 0.1) is 0 Å². The van der Waals surface area contributed by atoms with Gasteiger partial charge in [-0.2, -0.15) is 4.98 Å². The van der Waals surface area contributed by atoms with Crippen LogP contribution in [-0.4, -0.2) is 27.8 Å². The van der Waals surface area contributed by atoms with Gasteiger partial charge in [0.2, 0.25) is 6.39 Å². The van der Waals surface area contributed by atoms with Crippen LogP contribution in [0.25, 0.3) is 0 Å². The Morgan fingerprint density at radius 3 is 3.23 bits per heavy atom. The summed E-state index contributed by atoms with van der Waals surface area (Å²) in [7, 11) is 0.